The summed E-state index contributed by atoms with van der Waals surface area (Å²) >= 11 is 0. The highest BCUT2D eigenvalue weighted by atomic mass is 16.5. The predicted molar refractivity (Wildman–Crippen MR) is 92.0 cm³/mol. The first-order valence-electron chi connectivity index (χ1n) is 8.34. The van der Waals surface area contributed by atoms with Crippen molar-refractivity contribution in [2.75, 3.05) is 13.7 Å². The molecule has 1 amide bonds. The zero-order valence-corrected chi connectivity index (χ0v) is 14.1. The highest BCUT2D eigenvalue weighted by Crippen LogP contribution is 2.28. The van der Waals surface area contributed by atoms with E-state index in [1.807, 2.05) is 24.3 Å². The number of benzene rings is 1. The van der Waals surface area contributed by atoms with Gasteiger partial charge in [-0.1, -0.05) is 31.9 Å². The highest BCUT2D eigenvalue weighted by molar-refractivity contribution is 5.78. The molecule has 0 unspecified atom stereocenters. The molecule has 1 aliphatic rings. The second-order valence-electron chi connectivity index (χ2n) is 6.20. The van der Waals surface area contributed by atoms with Crippen LogP contribution in [0.15, 0.2) is 30.9 Å². The van der Waals surface area contributed by atoms with Crippen molar-refractivity contribution in [1.29, 1.82) is 0 Å². The Hall–Kier alpha value is -1.97. The van der Waals surface area contributed by atoms with Crippen LogP contribution in [0.2, 0.25) is 0 Å². The summed E-state index contributed by atoms with van der Waals surface area (Å²) in [7, 11) is 1.60. The fourth-order valence-electron chi connectivity index (χ4n) is 3.05. The second-order valence-corrected chi connectivity index (χ2v) is 6.20. The molecule has 126 valence electrons. The smallest absolute Gasteiger partial charge is 0.258 e. The van der Waals surface area contributed by atoms with Gasteiger partial charge in [0.2, 0.25) is 0 Å². The van der Waals surface area contributed by atoms with Crippen molar-refractivity contribution >= 4 is 5.91 Å². The number of amides is 1. The molecular weight excluding hydrogens is 290 g/mol. The van der Waals surface area contributed by atoms with E-state index < -0.39 is 0 Å². The summed E-state index contributed by atoms with van der Waals surface area (Å²) in [5.74, 6) is 1.71. The third-order valence-corrected chi connectivity index (χ3v) is 4.42. The van der Waals surface area contributed by atoms with E-state index in [0.717, 1.165) is 18.4 Å². The summed E-state index contributed by atoms with van der Waals surface area (Å²) in [6.07, 6.45) is 7.31. The van der Waals surface area contributed by atoms with Gasteiger partial charge in [0.05, 0.1) is 7.11 Å². The van der Waals surface area contributed by atoms with Crippen LogP contribution in [-0.4, -0.2) is 25.7 Å². The molecule has 0 saturated heterocycles. The summed E-state index contributed by atoms with van der Waals surface area (Å²) in [5.41, 5.74) is 1.10. The SMILES string of the molecule is C=CCc1ccc(OCC(=O)N[C@@H]2CCCC[C@H]2C)c(OC)c1. The molecule has 0 heterocycles. The lowest BCUT2D eigenvalue weighted by Gasteiger charge is -2.29. The van der Waals surface area contributed by atoms with Gasteiger partial charge in [-0.15, -0.1) is 6.58 Å². The number of carbonyl (C=O) groups excluding carboxylic acids is 1. The molecule has 0 spiro atoms. The zero-order chi connectivity index (χ0) is 16.7. The van der Waals surface area contributed by atoms with Crippen molar-refractivity contribution in [1.82, 2.24) is 5.32 Å². The number of nitrogens with one attached hydrogen (secondary N) is 1. The minimum atomic E-state index is -0.0685. The Morgan fingerprint density at radius 2 is 2.13 bits per heavy atom. The van der Waals surface area contributed by atoms with Gasteiger partial charge < -0.3 is 14.8 Å². The van der Waals surface area contributed by atoms with Gasteiger partial charge in [-0.05, 0) is 42.9 Å². The molecule has 2 rings (SSSR count). The van der Waals surface area contributed by atoms with Crippen LogP contribution >= 0.6 is 0 Å². The number of rotatable bonds is 7. The minimum absolute atomic E-state index is 0.0143. The molecule has 4 heteroatoms. The van der Waals surface area contributed by atoms with Gasteiger partial charge in [-0.2, -0.15) is 0 Å². The Morgan fingerprint density at radius 1 is 1.35 bits per heavy atom. The standard InChI is InChI=1S/C19H27NO3/c1-4-7-15-10-11-17(18(12-15)22-3)23-13-19(21)20-16-9-6-5-8-14(16)2/h4,10-12,14,16H,1,5-9,13H2,2-3H3,(H,20,21)/t14-,16-/m1/s1. The van der Waals surface area contributed by atoms with Crippen molar-refractivity contribution in [2.45, 2.75) is 45.1 Å². The lowest BCUT2D eigenvalue weighted by Crippen LogP contribution is -2.43. The number of methoxy groups -OCH3 is 1. The van der Waals surface area contributed by atoms with E-state index >= 15 is 0 Å². The number of allylic oxidation sites excluding steroid dienone is 1. The van der Waals surface area contributed by atoms with E-state index in [2.05, 4.69) is 18.8 Å². The lowest BCUT2D eigenvalue weighted by molar-refractivity contribution is -0.124. The molecule has 1 N–H and O–H groups in total. The highest BCUT2D eigenvalue weighted by Gasteiger charge is 2.22. The Balaban J connectivity index is 1.89. The average molecular weight is 317 g/mol. The van der Waals surface area contributed by atoms with Crippen LogP contribution in [0.25, 0.3) is 0 Å². The third-order valence-electron chi connectivity index (χ3n) is 4.42. The first-order chi connectivity index (χ1) is 11.1. The Labute approximate surface area is 138 Å². The van der Waals surface area contributed by atoms with Gasteiger partial charge in [0, 0.05) is 6.04 Å². The normalized spacial score (nSPS) is 20.6. The summed E-state index contributed by atoms with van der Waals surface area (Å²) in [5, 5.41) is 3.09. The summed E-state index contributed by atoms with van der Waals surface area (Å²) in [6.45, 7) is 5.94. The van der Waals surface area contributed by atoms with E-state index in [1.54, 1.807) is 7.11 Å². The molecule has 1 aliphatic carbocycles. The summed E-state index contributed by atoms with van der Waals surface area (Å²) < 4.78 is 11.0. The molecule has 4 nitrogen and oxygen atoms in total. The minimum Gasteiger partial charge on any atom is -0.493 e. The van der Waals surface area contributed by atoms with Crippen molar-refractivity contribution < 1.29 is 14.3 Å². The summed E-state index contributed by atoms with van der Waals surface area (Å²) in [6, 6.07) is 5.99. The lowest BCUT2D eigenvalue weighted by atomic mass is 9.86. The molecule has 1 aromatic carbocycles. The Kier molecular flexibility index (Phi) is 6.51. The molecule has 0 radical (unpaired) electrons. The maximum absolute atomic E-state index is 12.1. The molecule has 0 aromatic heterocycles. The second kappa shape index (κ2) is 8.61. The van der Waals surface area contributed by atoms with Gasteiger partial charge in [-0.3, -0.25) is 4.79 Å². The molecule has 1 fully saturated rings. The van der Waals surface area contributed by atoms with E-state index in [4.69, 9.17) is 9.47 Å². The maximum Gasteiger partial charge on any atom is 0.258 e. The van der Waals surface area contributed by atoms with Crippen LogP contribution in [0.3, 0.4) is 0 Å². The Morgan fingerprint density at radius 3 is 2.83 bits per heavy atom. The Bertz CT molecular complexity index is 541. The van der Waals surface area contributed by atoms with Crippen LogP contribution < -0.4 is 14.8 Å². The van der Waals surface area contributed by atoms with Crippen LogP contribution in [0.1, 0.15) is 38.2 Å². The quantitative estimate of drug-likeness (QED) is 0.783. The van der Waals surface area contributed by atoms with Gasteiger partial charge in [0.15, 0.2) is 18.1 Å². The van der Waals surface area contributed by atoms with Crippen molar-refractivity contribution in [3.63, 3.8) is 0 Å². The number of ether oxygens (including phenoxy) is 2. The van der Waals surface area contributed by atoms with Crippen molar-refractivity contribution in [3.8, 4) is 11.5 Å². The number of carbonyl (C=O) groups is 1. The molecule has 2 atom stereocenters. The largest absolute Gasteiger partial charge is 0.493 e. The number of hydrogen-bond acceptors (Lipinski definition) is 3. The first kappa shape index (κ1) is 17.4. The van der Waals surface area contributed by atoms with E-state index in [9.17, 15) is 4.79 Å². The average Bonchev–Trinajstić information content (AvgIpc) is 2.56. The molecule has 1 saturated carbocycles. The van der Waals surface area contributed by atoms with Gasteiger partial charge in [0.1, 0.15) is 0 Å². The topological polar surface area (TPSA) is 47.6 Å². The molecule has 23 heavy (non-hydrogen) atoms. The zero-order valence-electron chi connectivity index (χ0n) is 14.1. The van der Waals surface area contributed by atoms with Crippen LogP contribution in [0, 0.1) is 5.92 Å². The van der Waals surface area contributed by atoms with E-state index in [-0.39, 0.29) is 18.6 Å². The monoisotopic (exact) mass is 317 g/mol. The van der Waals surface area contributed by atoms with Gasteiger partial charge >= 0.3 is 0 Å². The maximum atomic E-state index is 12.1. The van der Waals surface area contributed by atoms with Crippen molar-refractivity contribution in [3.05, 3.63) is 36.4 Å². The van der Waals surface area contributed by atoms with E-state index in [0.29, 0.717) is 17.4 Å². The third kappa shape index (κ3) is 5.02. The van der Waals surface area contributed by atoms with Gasteiger partial charge in [0.25, 0.3) is 5.91 Å². The first-order valence-corrected chi connectivity index (χ1v) is 8.34. The van der Waals surface area contributed by atoms with Crippen LogP contribution in [-0.2, 0) is 11.2 Å². The summed E-state index contributed by atoms with van der Waals surface area (Å²) in [4.78, 5) is 12.1. The van der Waals surface area contributed by atoms with Crippen molar-refractivity contribution in [2.24, 2.45) is 5.92 Å². The van der Waals surface area contributed by atoms with E-state index in [1.165, 1.54) is 19.3 Å². The fraction of sp³-hybridized carbons (Fsp3) is 0.526. The van der Waals surface area contributed by atoms with Crippen LogP contribution in [0.4, 0.5) is 0 Å². The molecule has 0 bridgehead atoms. The van der Waals surface area contributed by atoms with Crippen LogP contribution in [0.5, 0.6) is 11.5 Å². The molecule has 0 aliphatic heterocycles. The number of hydrogen-bond donors (Lipinski definition) is 1. The predicted octanol–water partition coefficient (Wildman–Crippen LogP) is 3.50. The van der Waals surface area contributed by atoms with Gasteiger partial charge in [-0.25, -0.2) is 0 Å². The molecule has 1 aromatic rings. The fourth-order valence-corrected chi connectivity index (χ4v) is 3.05. The molecular formula is C19H27NO3.